The summed E-state index contributed by atoms with van der Waals surface area (Å²) in [5.41, 5.74) is 1.73. The van der Waals surface area contributed by atoms with E-state index in [2.05, 4.69) is 20.2 Å². The topological polar surface area (TPSA) is 74.5 Å². The van der Waals surface area contributed by atoms with E-state index in [4.69, 9.17) is 4.42 Å². The lowest BCUT2D eigenvalue weighted by Gasteiger charge is -2.32. The van der Waals surface area contributed by atoms with Crippen molar-refractivity contribution in [2.75, 3.05) is 31.1 Å². The van der Waals surface area contributed by atoms with Crippen molar-refractivity contribution in [2.45, 2.75) is 38.3 Å². The SMILES string of the molecule is O=C(c1ccoc1)N1CCC(NCc2cnc(N3CCCC3)nc2)CC1. The van der Waals surface area contributed by atoms with Gasteiger partial charge in [0.15, 0.2) is 0 Å². The molecule has 7 heteroatoms. The van der Waals surface area contributed by atoms with Crippen LogP contribution in [-0.2, 0) is 6.54 Å². The van der Waals surface area contributed by atoms with Crippen LogP contribution in [0.15, 0.2) is 35.4 Å². The lowest BCUT2D eigenvalue weighted by molar-refractivity contribution is 0.0704. The number of anilines is 1. The average Bonchev–Trinajstić information content (AvgIpc) is 3.40. The third-order valence-electron chi connectivity index (χ3n) is 5.23. The number of piperidine rings is 1. The first-order chi connectivity index (χ1) is 12.8. The molecule has 0 atom stereocenters. The lowest BCUT2D eigenvalue weighted by Crippen LogP contribution is -2.44. The Kier molecular flexibility index (Phi) is 5.15. The first-order valence-corrected chi connectivity index (χ1v) is 9.40. The van der Waals surface area contributed by atoms with Crippen LogP contribution in [0, 0.1) is 0 Å². The Morgan fingerprint density at radius 3 is 2.54 bits per heavy atom. The molecule has 0 saturated carbocycles. The van der Waals surface area contributed by atoms with E-state index < -0.39 is 0 Å². The summed E-state index contributed by atoms with van der Waals surface area (Å²) in [4.78, 5) is 25.5. The van der Waals surface area contributed by atoms with Crippen LogP contribution in [0.1, 0.15) is 41.6 Å². The maximum Gasteiger partial charge on any atom is 0.257 e. The third-order valence-corrected chi connectivity index (χ3v) is 5.23. The monoisotopic (exact) mass is 355 g/mol. The summed E-state index contributed by atoms with van der Waals surface area (Å²) in [7, 11) is 0. The van der Waals surface area contributed by atoms with Crippen LogP contribution in [0.5, 0.6) is 0 Å². The number of hydrogen-bond donors (Lipinski definition) is 1. The highest BCUT2D eigenvalue weighted by Gasteiger charge is 2.24. The summed E-state index contributed by atoms with van der Waals surface area (Å²) in [6.07, 6.45) is 11.3. The molecule has 0 aromatic carbocycles. The predicted molar refractivity (Wildman–Crippen MR) is 98.0 cm³/mol. The maximum absolute atomic E-state index is 12.3. The van der Waals surface area contributed by atoms with Gasteiger partial charge in [-0.15, -0.1) is 0 Å². The Balaban J connectivity index is 1.23. The van der Waals surface area contributed by atoms with Crippen LogP contribution in [0.4, 0.5) is 5.95 Å². The first-order valence-electron chi connectivity index (χ1n) is 9.40. The summed E-state index contributed by atoms with van der Waals surface area (Å²) >= 11 is 0. The second-order valence-corrected chi connectivity index (χ2v) is 7.04. The number of aromatic nitrogens is 2. The van der Waals surface area contributed by atoms with E-state index >= 15 is 0 Å². The van der Waals surface area contributed by atoms with E-state index in [-0.39, 0.29) is 5.91 Å². The number of likely N-dealkylation sites (tertiary alicyclic amines) is 1. The van der Waals surface area contributed by atoms with Crippen LogP contribution in [0.2, 0.25) is 0 Å². The summed E-state index contributed by atoms with van der Waals surface area (Å²) in [5.74, 6) is 0.903. The normalized spacial score (nSPS) is 18.5. The van der Waals surface area contributed by atoms with E-state index in [1.807, 2.05) is 17.3 Å². The molecule has 0 unspecified atom stereocenters. The molecule has 2 aliphatic rings. The van der Waals surface area contributed by atoms with Crippen molar-refractivity contribution in [3.8, 4) is 0 Å². The van der Waals surface area contributed by atoms with Crippen molar-refractivity contribution in [3.63, 3.8) is 0 Å². The molecule has 0 spiro atoms. The number of furan rings is 1. The van der Waals surface area contributed by atoms with Crippen molar-refractivity contribution < 1.29 is 9.21 Å². The Labute approximate surface area is 153 Å². The van der Waals surface area contributed by atoms with Gasteiger partial charge >= 0.3 is 0 Å². The van der Waals surface area contributed by atoms with Gasteiger partial charge in [-0.3, -0.25) is 4.79 Å². The minimum Gasteiger partial charge on any atom is -0.472 e. The molecule has 4 rings (SSSR count). The van der Waals surface area contributed by atoms with Crippen molar-refractivity contribution in [1.29, 1.82) is 0 Å². The molecule has 4 heterocycles. The predicted octanol–water partition coefficient (Wildman–Crippen LogP) is 2.06. The van der Waals surface area contributed by atoms with Gasteiger partial charge in [-0.25, -0.2) is 9.97 Å². The zero-order chi connectivity index (χ0) is 17.8. The minimum absolute atomic E-state index is 0.0584. The number of nitrogens with zero attached hydrogens (tertiary/aromatic N) is 4. The van der Waals surface area contributed by atoms with Crippen LogP contribution in [0.25, 0.3) is 0 Å². The first kappa shape index (κ1) is 17.0. The number of carbonyl (C=O) groups is 1. The Bertz CT molecular complexity index is 702. The van der Waals surface area contributed by atoms with Crippen molar-refractivity contribution >= 4 is 11.9 Å². The van der Waals surface area contributed by atoms with Gasteiger partial charge in [-0.2, -0.15) is 0 Å². The third kappa shape index (κ3) is 3.88. The van der Waals surface area contributed by atoms with Crippen molar-refractivity contribution in [2.24, 2.45) is 0 Å². The van der Waals surface area contributed by atoms with Crippen LogP contribution < -0.4 is 10.2 Å². The van der Waals surface area contributed by atoms with Gasteiger partial charge in [0, 0.05) is 56.7 Å². The maximum atomic E-state index is 12.3. The molecule has 2 aromatic heterocycles. The number of rotatable bonds is 5. The van der Waals surface area contributed by atoms with E-state index in [9.17, 15) is 4.79 Å². The van der Waals surface area contributed by atoms with Crippen LogP contribution >= 0.6 is 0 Å². The Morgan fingerprint density at radius 2 is 1.88 bits per heavy atom. The number of carbonyl (C=O) groups excluding carboxylic acids is 1. The molecule has 0 aliphatic carbocycles. The summed E-state index contributed by atoms with van der Waals surface area (Å²) in [5, 5.41) is 3.57. The molecule has 1 amide bonds. The average molecular weight is 355 g/mol. The van der Waals surface area contributed by atoms with Gasteiger partial charge < -0.3 is 19.5 Å². The molecule has 0 bridgehead atoms. The summed E-state index contributed by atoms with van der Waals surface area (Å²) < 4.78 is 5.00. The van der Waals surface area contributed by atoms with Crippen molar-refractivity contribution in [1.82, 2.24) is 20.2 Å². The molecule has 2 fully saturated rings. The van der Waals surface area contributed by atoms with Gasteiger partial charge in [0.25, 0.3) is 5.91 Å². The molecule has 0 radical (unpaired) electrons. The van der Waals surface area contributed by atoms with Crippen LogP contribution in [-0.4, -0.2) is 53.0 Å². The molecule has 2 aliphatic heterocycles. The summed E-state index contributed by atoms with van der Waals surface area (Å²) in [6, 6.07) is 2.14. The van der Waals surface area contributed by atoms with Gasteiger partial charge in [-0.05, 0) is 31.7 Å². The molecule has 138 valence electrons. The van der Waals surface area contributed by atoms with Gasteiger partial charge in [0.05, 0.1) is 11.8 Å². The number of amides is 1. The number of nitrogens with one attached hydrogen (secondary N) is 1. The van der Waals surface area contributed by atoms with Crippen molar-refractivity contribution in [3.05, 3.63) is 42.1 Å². The number of hydrogen-bond acceptors (Lipinski definition) is 6. The van der Waals surface area contributed by atoms with E-state index in [0.29, 0.717) is 11.6 Å². The van der Waals surface area contributed by atoms with E-state index in [1.54, 1.807) is 12.3 Å². The molecule has 2 aromatic rings. The molecule has 7 nitrogen and oxygen atoms in total. The highest BCUT2D eigenvalue weighted by molar-refractivity contribution is 5.93. The van der Waals surface area contributed by atoms with Crippen LogP contribution in [0.3, 0.4) is 0 Å². The smallest absolute Gasteiger partial charge is 0.257 e. The molecule has 1 N–H and O–H groups in total. The molecular formula is C19H25N5O2. The van der Waals surface area contributed by atoms with Gasteiger partial charge in [-0.1, -0.05) is 0 Å². The highest BCUT2D eigenvalue weighted by atomic mass is 16.3. The standard InChI is InChI=1S/C19H25N5O2/c25-18(16-5-10-26-14-16)23-8-3-17(4-9-23)20-11-15-12-21-19(22-13-15)24-6-1-2-7-24/h5,10,12-14,17,20H,1-4,6-9,11H2. The second-order valence-electron chi connectivity index (χ2n) is 7.04. The second kappa shape index (κ2) is 7.86. The Morgan fingerprint density at radius 1 is 1.15 bits per heavy atom. The minimum atomic E-state index is 0.0584. The largest absolute Gasteiger partial charge is 0.472 e. The Hall–Kier alpha value is -2.41. The fourth-order valence-corrected chi connectivity index (χ4v) is 3.64. The van der Waals surface area contributed by atoms with E-state index in [1.165, 1.54) is 19.1 Å². The highest BCUT2D eigenvalue weighted by Crippen LogP contribution is 2.16. The lowest BCUT2D eigenvalue weighted by atomic mass is 10.0. The molecular weight excluding hydrogens is 330 g/mol. The zero-order valence-electron chi connectivity index (χ0n) is 14.9. The fraction of sp³-hybridized carbons (Fsp3) is 0.526. The molecule has 2 saturated heterocycles. The van der Waals surface area contributed by atoms with Gasteiger partial charge in [0.2, 0.25) is 5.95 Å². The molecule has 26 heavy (non-hydrogen) atoms. The fourth-order valence-electron chi connectivity index (χ4n) is 3.64. The van der Waals surface area contributed by atoms with E-state index in [0.717, 1.165) is 57.1 Å². The van der Waals surface area contributed by atoms with Gasteiger partial charge in [0.1, 0.15) is 6.26 Å². The zero-order valence-corrected chi connectivity index (χ0v) is 14.9. The summed E-state index contributed by atoms with van der Waals surface area (Å²) in [6.45, 7) is 4.43. The quantitative estimate of drug-likeness (QED) is 0.885.